The lowest BCUT2D eigenvalue weighted by Gasteiger charge is -1.92. The molecule has 0 atom stereocenters. The van der Waals surface area contributed by atoms with Crippen LogP contribution in [0.1, 0.15) is 33.7 Å². The monoisotopic (exact) mass is 164 g/mol. The fourth-order valence-electron chi connectivity index (χ4n) is 2.44. The molecule has 0 saturated carbocycles. The molecule has 2 aliphatic carbocycles. The zero-order valence-corrected chi connectivity index (χ0v) is 7.47. The number of aryl methyl sites for hydroxylation is 2. The van der Waals surface area contributed by atoms with Gasteiger partial charge in [0.2, 0.25) is 0 Å². The van der Waals surface area contributed by atoms with E-state index in [0.29, 0.717) is 0 Å². The Hall–Kier alpha value is -0.300. The molecule has 58 valence electrons. The average molecular weight is 164 g/mol. The second kappa shape index (κ2) is 2.10. The molecule has 0 bridgehead atoms. The van der Waals surface area contributed by atoms with Gasteiger partial charge in [0.25, 0.3) is 0 Å². The Bertz CT molecular complexity index is 268. The molecular formula is C10H12S. The zero-order valence-electron chi connectivity index (χ0n) is 6.65. The van der Waals surface area contributed by atoms with Crippen LogP contribution in [-0.4, -0.2) is 0 Å². The molecule has 0 N–H and O–H groups in total. The van der Waals surface area contributed by atoms with Crippen molar-refractivity contribution in [3.05, 3.63) is 20.9 Å². The van der Waals surface area contributed by atoms with Crippen molar-refractivity contribution < 1.29 is 0 Å². The normalized spacial score (nSPS) is 20.4. The summed E-state index contributed by atoms with van der Waals surface area (Å²) < 4.78 is 0. The van der Waals surface area contributed by atoms with Crippen LogP contribution in [-0.2, 0) is 25.7 Å². The Morgan fingerprint density at radius 3 is 1.82 bits per heavy atom. The van der Waals surface area contributed by atoms with Crippen LogP contribution in [0.2, 0.25) is 0 Å². The summed E-state index contributed by atoms with van der Waals surface area (Å²) in [5.74, 6) is 0. The number of hydrogen-bond acceptors (Lipinski definition) is 1. The van der Waals surface area contributed by atoms with Gasteiger partial charge in [0.05, 0.1) is 0 Å². The van der Waals surface area contributed by atoms with Crippen molar-refractivity contribution in [3.63, 3.8) is 0 Å². The zero-order chi connectivity index (χ0) is 7.26. The summed E-state index contributed by atoms with van der Waals surface area (Å²) in [7, 11) is 0. The van der Waals surface area contributed by atoms with Crippen LogP contribution in [0.15, 0.2) is 0 Å². The van der Waals surface area contributed by atoms with E-state index in [9.17, 15) is 0 Å². The Morgan fingerprint density at radius 2 is 1.27 bits per heavy atom. The first-order valence-corrected chi connectivity index (χ1v) is 5.39. The molecule has 0 aromatic carbocycles. The smallest absolute Gasteiger partial charge is 0.00831 e. The van der Waals surface area contributed by atoms with Gasteiger partial charge in [0.15, 0.2) is 0 Å². The van der Waals surface area contributed by atoms with Crippen LogP contribution in [0.25, 0.3) is 0 Å². The molecule has 0 radical (unpaired) electrons. The highest BCUT2D eigenvalue weighted by molar-refractivity contribution is 7.12. The molecule has 0 amide bonds. The highest BCUT2D eigenvalue weighted by Crippen LogP contribution is 2.39. The molecular weight excluding hydrogens is 152 g/mol. The molecule has 0 spiro atoms. The molecule has 1 heteroatoms. The fraction of sp³-hybridized carbons (Fsp3) is 0.600. The van der Waals surface area contributed by atoms with Crippen molar-refractivity contribution >= 4 is 11.3 Å². The van der Waals surface area contributed by atoms with E-state index in [-0.39, 0.29) is 0 Å². The first kappa shape index (κ1) is 6.24. The maximum atomic E-state index is 2.11. The molecule has 11 heavy (non-hydrogen) atoms. The lowest BCUT2D eigenvalue weighted by atomic mass is 10.1. The summed E-state index contributed by atoms with van der Waals surface area (Å²) in [5, 5.41) is 0. The van der Waals surface area contributed by atoms with E-state index < -0.39 is 0 Å². The minimum atomic E-state index is 1.38. The topological polar surface area (TPSA) is 0 Å². The minimum absolute atomic E-state index is 1.38. The van der Waals surface area contributed by atoms with E-state index in [0.717, 1.165) is 0 Å². The van der Waals surface area contributed by atoms with Crippen molar-refractivity contribution in [2.24, 2.45) is 0 Å². The van der Waals surface area contributed by atoms with E-state index in [1.54, 1.807) is 20.9 Å². The largest absolute Gasteiger partial charge is 0.145 e. The van der Waals surface area contributed by atoms with E-state index in [1.165, 1.54) is 38.5 Å². The molecule has 3 rings (SSSR count). The first-order chi connectivity index (χ1) is 5.45. The predicted molar refractivity (Wildman–Crippen MR) is 48.4 cm³/mol. The molecule has 0 unspecified atom stereocenters. The van der Waals surface area contributed by atoms with E-state index >= 15 is 0 Å². The van der Waals surface area contributed by atoms with Crippen molar-refractivity contribution in [2.45, 2.75) is 38.5 Å². The van der Waals surface area contributed by atoms with E-state index in [2.05, 4.69) is 11.3 Å². The quantitative estimate of drug-likeness (QED) is 0.553. The Balaban J connectivity index is 2.22. The van der Waals surface area contributed by atoms with E-state index in [1.807, 2.05) is 0 Å². The van der Waals surface area contributed by atoms with Gasteiger partial charge in [-0.1, -0.05) is 0 Å². The molecule has 0 aliphatic heterocycles. The first-order valence-electron chi connectivity index (χ1n) is 4.57. The lowest BCUT2D eigenvalue weighted by Crippen LogP contribution is -1.82. The van der Waals surface area contributed by atoms with Crippen molar-refractivity contribution in [1.29, 1.82) is 0 Å². The highest BCUT2D eigenvalue weighted by Gasteiger charge is 2.24. The highest BCUT2D eigenvalue weighted by atomic mass is 32.1. The molecule has 2 aliphatic rings. The third-order valence-corrected chi connectivity index (χ3v) is 4.34. The third-order valence-electron chi connectivity index (χ3n) is 2.95. The summed E-state index contributed by atoms with van der Waals surface area (Å²) >= 11 is 2.11. The van der Waals surface area contributed by atoms with Crippen LogP contribution in [0.3, 0.4) is 0 Å². The molecule has 1 heterocycles. The SMILES string of the molecule is C1Cc2sc3c(c2C1)CCC3. The third kappa shape index (κ3) is 0.750. The molecule has 0 fully saturated rings. The number of thiophene rings is 1. The van der Waals surface area contributed by atoms with Crippen molar-refractivity contribution in [3.8, 4) is 0 Å². The molecule has 1 aromatic heterocycles. The summed E-state index contributed by atoms with van der Waals surface area (Å²) in [6.07, 6.45) is 8.39. The number of fused-ring (bicyclic) bond motifs is 3. The van der Waals surface area contributed by atoms with Crippen LogP contribution in [0.4, 0.5) is 0 Å². The van der Waals surface area contributed by atoms with Gasteiger partial charge in [0, 0.05) is 9.75 Å². The molecule has 0 saturated heterocycles. The van der Waals surface area contributed by atoms with Gasteiger partial charge in [-0.25, -0.2) is 0 Å². The maximum Gasteiger partial charge on any atom is 0.00831 e. The van der Waals surface area contributed by atoms with Crippen molar-refractivity contribution in [1.82, 2.24) is 0 Å². The Labute approximate surface area is 71.2 Å². The van der Waals surface area contributed by atoms with Crippen LogP contribution < -0.4 is 0 Å². The average Bonchev–Trinajstić information content (AvgIpc) is 2.52. The van der Waals surface area contributed by atoms with Gasteiger partial charge < -0.3 is 0 Å². The summed E-state index contributed by atoms with van der Waals surface area (Å²) in [5.41, 5.74) is 3.53. The predicted octanol–water partition coefficient (Wildman–Crippen LogP) is 2.73. The van der Waals surface area contributed by atoms with Crippen molar-refractivity contribution in [2.75, 3.05) is 0 Å². The fourth-order valence-corrected chi connectivity index (χ4v) is 3.93. The van der Waals surface area contributed by atoms with Crippen LogP contribution in [0, 0.1) is 0 Å². The van der Waals surface area contributed by atoms with Gasteiger partial charge in [0.1, 0.15) is 0 Å². The van der Waals surface area contributed by atoms with Gasteiger partial charge in [-0.05, 0) is 49.7 Å². The van der Waals surface area contributed by atoms with Crippen LogP contribution in [0.5, 0.6) is 0 Å². The summed E-state index contributed by atoms with van der Waals surface area (Å²) in [6, 6.07) is 0. The molecule has 0 nitrogen and oxygen atoms in total. The summed E-state index contributed by atoms with van der Waals surface area (Å²) in [6.45, 7) is 0. The minimum Gasteiger partial charge on any atom is -0.145 e. The van der Waals surface area contributed by atoms with E-state index in [4.69, 9.17) is 0 Å². The summed E-state index contributed by atoms with van der Waals surface area (Å²) in [4.78, 5) is 3.46. The standard InChI is InChI=1S/C10H12S/c1-3-7-8-4-2-6-10(8)11-9(7)5-1/h1-6H2. The van der Waals surface area contributed by atoms with Gasteiger partial charge in [-0.15, -0.1) is 11.3 Å². The van der Waals surface area contributed by atoms with Gasteiger partial charge >= 0.3 is 0 Å². The Kier molecular flexibility index (Phi) is 1.19. The number of hydrogen-bond donors (Lipinski definition) is 0. The molecule has 1 aromatic rings. The Morgan fingerprint density at radius 1 is 0.727 bits per heavy atom. The second-order valence-corrected chi connectivity index (χ2v) is 4.80. The number of rotatable bonds is 0. The lowest BCUT2D eigenvalue weighted by molar-refractivity contribution is 0.892. The van der Waals surface area contributed by atoms with Crippen LogP contribution >= 0.6 is 11.3 Å². The second-order valence-electron chi connectivity index (χ2n) is 3.61. The maximum absolute atomic E-state index is 2.11. The van der Waals surface area contributed by atoms with Gasteiger partial charge in [-0.3, -0.25) is 0 Å². The van der Waals surface area contributed by atoms with Gasteiger partial charge in [-0.2, -0.15) is 0 Å².